The van der Waals surface area contributed by atoms with Crippen molar-refractivity contribution in [3.63, 3.8) is 0 Å². The van der Waals surface area contributed by atoms with Gasteiger partial charge in [0.05, 0.1) is 17.9 Å². The van der Waals surface area contributed by atoms with Gasteiger partial charge in [-0.15, -0.1) is 0 Å². The van der Waals surface area contributed by atoms with E-state index in [-0.39, 0.29) is 11.5 Å². The van der Waals surface area contributed by atoms with Crippen LogP contribution in [0.4, 0.5) is 10.1 Å². The minimum absolute atomic E-state index is 0.0447. The number of carbonyl (C=O) groups excluding carboxylic acids is 1. The number of carbonyl (C=O) groups is 1. The standard InChI is InChI=1S/C14H14FN3O2/c1-3-20-14(19)13-6-9(2)18(17-13)11-4-5-12(15)10(7-11)8-16/h4-7,13,17H,3H2,1-2H3. The SMILES string of the molecule is CCOC(=O)C1C=C(C)N(c2ccc(F)c(C#N)c2)N1. The highest BCUT2D eigenvalue weighted by atomic mass is 19.1. The second-order valence-corrected chi connectivity index (χ2v) is 4.28. The van der Waals surface area contributed by atoms with Gasteiger partial charge in [0.2, 0.25) is 0 Å². The van der Waals surface area contributed by atoms with Crippen molar-refractivity contribution in [2.24, 2.45) is 0 Å². The highest BCUT2D eigenvalue weighted by Gasteiger charge is 2.28. The Morgan fingerprint density at radius 1 is 1.60 bits per heavy atom. The molecule has 1 aromatic carbocycles. The van der Waals surface area contributed by atoms with Crippen LogP contribution in [0.3, 0.4) is 0 Å². The van der Waals surface area contributed by atoms with Crippen LogP contribution in [0.1, 0.15) is 19.4 Å². The molecule has 0 spiro atoms. The van der Waals surface area contributed by atoms with Gasteiger partial charge >= 0.3 is 5.97 Å². The molecule has 1 aromatic rings. The number of hydrogen-bond donors (Lipinski definition) is 1. The van der Waals surface area contributed by atoms with Crippen LogP contribution in [0.15, 0.2) is 30.0 Å². The second kappa shape index (κ2) is 5.72. The van der Waals surface area contributed by atoms with E-state index >= 15 is 0 Å². The van der Waals surface area contributed by atoms with Crippen LogP contribution in [-0.4, -0.2) is 18.6 Å². The number of allylic oxidation sites excluding steroid dienone is 1. The molecule has 0 fully saturated rings. The molecule has 1 aliphatic heterocycles. The third-order valence-corrected chi connectivity index (χ3v) is 2.90. The van der Waals surface area contributed by atoms with Crippen LogP contribution >= 0.6 is 0 Å². The molecule has 0 radical (unpaired) electrons. The average Bonchev–Trinajstić information content (AvgIpc) is 2.82. The molecule has 6 heteroatoms. The van der Waals surface area contributed by atoms with Gasteiger partial charge in [-0.2, -0.15) is 5.26 Å². The van der Waals surface area contributed by atoms with E-state index in [9.17, 15) is 9.18 Å². The number of esters is 1. The van der Waals surface area contributed by atoms with E-state index in [0.29, 0.717) is 12.3 Å². The predicted molar refractivity (Wildman–Crippen MR) is 70.9 cm³/mol. The van der Waals surface area contributed by atoms with Crippen LogP contribution in [0, 0.1) is 17.1 Å². The van der Waals surface area contributed by atoms with Crippen molar-refractivity contribution in [1.29, 1.82) is 5.26 Å². The van der Waals surface area contributed by atoms with Crippen molar-refractivity contribution in [3.05, 3.63) is 41.4 Å². The maximum Gasteiger partial charge on any atom is 0.329 e. The minimum atomic E-state index is -0.578. The minimum Gasteiger partial charge on any atom is -0.465 e. The first-order valence-corrected chi connectivity index (χ1v) is 6.17. The van der Waals surface area contributed by atoms with Crippen molar-refractivity contribution in [3.8, 4) is 6.07 Å². The van der Waals surface area contributed by atoms with Crippen molar-refractivity contribution in [2.45, 2.75) is 19.9 Å². The first kappa shape index (κ1) is 14.0. The number of nitrogens with zero attached hydrogens (tertiary/aromatic N) is 2. The summed E-state index contributed by atoms with van der Waals surface area (Å²) >= 11 is 0. The van der Waals surface area contributed by atoms with Crippen molar-refractivity contribution in [1.82, 2.24) is 5.43 Å². The van der Waals surface area contributed by atoms with E-state index in [1.54, 1.807) is 24.1 Å². The van der Waals surface area contributed by atoms with Gasteiger partial charge in [-0.3, -0.25) is 5.01 Å². The first-order valence-electron chi connectivity index (χ1n) is 6.17. The van der Waals surface area contributed by atoms with Crippen molar-refractivity contribution < 1.29 is 13.9 Å². The van der Waals surface area contributed by atoms with Crippen molar-refractivity contribution in [2.75, 3.05) is 11.6 Å². The topological polar surface area (TPSA) is 65.4 Å². The fraction of sp³-hybridized carbons (Fsp3) is 0.286. The largest absolute Gasteiger partial charge is 0.465 e. The summed E-state index contributed by atoms with van der Waals surface area (Å²) < 4.78 is 18.2. The molecule has 0 bridgehead atoms. The smallest absolute Gasteiger partial charge is 0.329 e. The van der Waals surface area contributed by atoms with Gasteiger partial charge in [0.1, 0.15) is 17.9 Å². The summed E-state index contributed by atoms with van der Waals surface area (Å²) in [6, 6.07) is 5.39. The number of nitrogens with one attached hydrogen (secondary N) is 1. The van der Waals surface area contributed by atoms with Gasteiger partial charge in [-0.1, -0.05) is 0 Å². The molecular weight excluding hydrogens is 261 g/mol. The molecular formula is C14H14FN3O2. The Labute approximate surface area is 116 Å². The number of nitriles is 1. The molecule has 0 saturated heterocycles. The van der Waals surface area contributed by atoms with Crippen LogP contribution < -0.4 is 10.4 Å². The lowest BCUT2D eigenvalue weighted by molar-refractivity contribution is -0.144. The molecule has 0 aromatic heterocycles. The molecule has 0 saturated carbocycles. The fourth-order valence-electron chi connectivity index (χ4n) is 1.96. The molecule has 1 N–H and O–H groups in total. The summed E-state index contributed by atoms with van der Waals surface area (Å²) in [5, 5.41) is 10.5. The van der Waals surface area contributed by atoms with Crippen LogP contribution in [-0.2, 0) is 9.53 Å². The van der Waals surface area contributed by atoms with Crippen LogP contribution in [0.2, 0.25) is 0 Å². The quantitative estimate of drug-likeness (QED) is 0.853. The molecule has 5 nitrogen and oxygen atoms in total. The summed E-state index contributed by atoms with van der Waals surface area (Å²) in [7, 11) is 0. The lowest BCUT2D eigenvalue weighted by Crippen LogP contribution is -2.41. The zero-order valence-electron chi connectivity index (χ0n) is 11.2. The van der Waals surface area contributed by atoms with E-state index in [1.807, 2.05) is 6.92 Å². The summed E-state index contributed by atoms with van der Waals surface area (Å²) in [6.07, 6.45) is 1.72. The van der Waals surface area contributed by atoms with E-state index in [4.69, 9.17) is 10.00 Å². The number of halogens is 1. The molecule has 1 heterocycles. The normalized spacial score (nSPS) is 17.6. The van der Waals surface area contributed by atoms with Gasteiger partial charge in [0, 0.05) is 5.70 Å². The Kier molecular flexibility index (Phi) is 4.01. The monoisotopic (exact) mass is 275 g/mol. The van der Waals surface area contributed by atoms with E-state index in [0.717, 1.165) is 5.70 Å². The van der Waals surface area contributed by atoms with Crippen molar-refractivity contribution >= 4 is 11.7 Å². The van der Waals surface area contributed by atoms with Crippen LogP contribution in [0.25, 0.3) is 0 Å². The molecule has 104 valence electrons. The second-order valence-electron chi connectivity index (χ2n) is 4.28. The zero-order valence-corrected chi connectivity index (χ0v) is 11.2. The fourth-order valence-corrected chi connectivity index (χ4v) is 1.96. The molecule has 0 amide bonds. The summed E-state index contributed by atoms with van der Waals surface area (Å²) in [5.41, 5.74) is 4.26. The Hall–Kier alpha value is -2.39. The number of hydrazine groups is 1. The molecule has 2 rings (SSSR count). The maximum atomic E-state index is 13.3. The average molecular weight is 275 g/mol. The van der Waals surface area contributed by atoms with Gasteiger partial charge in [0.15, 0.2) is 0 Å². The zero-order chi connectivity index (χ0) is 14.7. The number of hydrogen-bond acceptors (Lipinski definition) is 5. The van der Waals surface area contributed by atoms with Gasteiger partial charge in [-0.25, -0.2) is 14.6 Å². The molecule has 20 heavy (non-hydrogen) atoms. The highest BCUT2D eigenvalue weighted by molar-refractivity contribution is 5.80. The Morgan fingerprint density at radius 2 is 2.35 bits per heavy atom. The lowest BCUT2D eigenvalue weighted by Gasteiger charge is -2.22. The van der Waals surface area contributed by atoms with Gasteiger partial charge in [-0.05, 0) is 38.1 Å². The number of ether oxygens (including phenoxy) is 1. The molecule has 0 aliphatic carbocycles. The first-order chi connectivity index (χ1) is 9.56. The third kappa shape index (κ3) is 2.63. The van der Waals surface area contributed by atoms with Crippen LogP contribution in [0.5, 0.6) is 0 Å². The lowest BCUT2D eigenvalue weighted by atomic mass is 10.2. The van der Waals surface area contributed by atoms with E-state index in [1.165, 1.54) is 18.2 Å². The van der Waals surface area contributed by atoms with Gasteiger partial charge < -0.3 is 4.74 Å². The molecule has 1 aliphatic rings. The number of rotatable bonds is 3. The Balaban J connectivity index is 2.22. The summed E-state index contributed by atoms with van der Waals surface area (Å²) in [5.74, 6) is -0.948. The summed E-state index contributed by atoms with van der Waals surface area (Å²) in [4.78, 5) is 11.7. The molecule has 1 atom stereocenters. The number of anilines is 1. The van der Waals surface area contributed by atoms with E-state index < -0.39 is 11.9 Å². The summed E-state index contributed by atoms with van der Waals surface area (Å²) in [6.45, 7) is 3.85. The number of benzene rings is 1. The Morgan fingerprint density at radius 3 is 3.00 bits per heavy atom. The van der Waals surface area contributed by atoms with Gasteiger partial charge in [0.25, 0.3) is 0 Å². The highest BCUT2D eigenvalue weighted by Crippen LogP contribution is 2.24. The maximum absolute atomic E-state index is 13.3. The Bertz CT molecular complexity index is 607. The molecule has 1 unspecified atom stereocenters. The predicted octanol–water partition coefficient (Wildman–Crippen LogP) is 1.86. The van der Waals surface area contributed by atoms with E-state index in [2.05, 4.69) is 5.43 Å². The third-order valence-electron chi connectivity index (χ3n) is 2.90.